The van der Waals surface area contributed by atoms with E-state index in [0.717, 1.165) is 12.8 Å². The molecule has 1 fully saturated rings. The Bertz CT molecular complexity index is 726. The molecule has 1 N–H and O–H groups in total. The molecule has 1 saturated heterocycles. The van der Waals surface area contributed by atoms with Crippen molar-refractivity contribution < 1.29 is 17.9 Å². The Hall–Kier alpha value is -1.64. The third-order valence-electron chi connectivity index (χ3n) is 4.63. The molecule has 1 heterocycles. The van der Waals surface area contributed by atoms with Crippen LogP contribution in [0.15, 0.2) is 23.1 Å². The van der Waals surface area contributed by atoms with Crippen molar-refractivity contribution >= 4 is 15.9 Å². The number of sulfonamides is 1. The van der Waals surface area contributed by atoms with Crippen molar-refractivity contribution in [2.45, 2.75) is 24.7 Å². The van der Waals surface area contributed by atoms with Crippen LogP contribution in [0.5, 0.6) is 5.75 Å². The highest BCUT2D eigenvalue weighted by atomic mass is 32.2. The number of rotatable bonds is 7. The van der Waals surface area contributed by atoms with Gasteiger partial charge in [-0.3, -0.25) is 4.79 Å². The summed E-state index contributed by atoms with van der Waals surface area (Å²) < 4.78 is 32.9. The Labute approximate surface area is 156 Å². The third kappa shape index (κ3) is 5.18. The summed E-state index contributed by atoms with van der Waals surface area (Å²) in [5, 5.41) is 0. The Morgan fingerprint density at radius 1 is 1.31 bits per heavy atom. The number of piperidine rings is 1. The minimum atomic E-state index is -3.68. The van der Waals surface area contributed by atoms with Gasteiger partial charge in [-0.05, 0) is 51.1 Å². The molecule has 146 valence electrons. The van der Waals surface area contributed by atoms with Crippen LogP contribution in [0, 0.1) is 5.92 Å². The highest BCUT2D eigenvalue weighted by Crippen LogP contribution is 2.26. The van der Waals surface area contributed by atoms with Gasteiger partial charge in [-0.15, -0.1) is 0 Å². The van der Waals surface area contributed by atoms with Gasteiger partial charge in [-0.25, -0.2) is 13.1 Å². The van der Waals surface area contributed by atoms with E-state index in [4.69, 9.17) is 4.74 Å². The number of benzene rings is 1. The zero-order valence-electron chi connectivity index (χ0n) is 16.0. The molecule has 0 radical (unpaired) electrons. The maximum absolute atomic E-state index is 12.9. The van der Waals surface area contributed by atoms with Gasteiger partial charge < -0.3 is 14.5 Å². The molecule has 1 aliphatic heterocycles. The van der Waals surface area contributed by atoms with Crippen molar-refractivity contribution in [1.82, 2.24) is 14.5 Å². The van der Waals surface area contributed by atoms with Crippen LogP contribution in [0.3, 0.4) is 0 Å². The summed E-state index contributed by atoms with van der Waals surface area (Å²) in [4.78, 5) is 16.6. The number of hydrogen-bond acceptors (Lipinski definition) is 5. The Morgan fingerprint density at radius 2 is 1.96 bits per heavy atom. The summed E-state index contributed by atoms with van der Waals surface area (Å²) in [6.07, 6.45) is 1.91. The van der Waals surface area contributed by atoms with Crippen LogP contribution in [0.4, 0.5) is 0 Å². The van der Waals surface area contributed by atoms with Crippen molar-refractivity contribution in [1.29, 1.82) is 0 Å². The fourth-order valence-corrected chi connectivity index (χ4v) is 3.94. The summed E-state index contributed by atoms with van der Waals surface area (Å²) in [6, 6.07) is 4.42. The van der Waals surface area contributed by atoms with Gasteiger partial charge in [-0.2, -0.15) is 0 Å². The van der Waals surface area contributed by atoms with Crippen LogP contribution in [-0.2, 0) is 10.0 Å². The van der Waals surface area contributed by atoms with Crippen LogP contribution in [0.1, 0.15) is 30.1 Å². The topological polar surface area (TPSA) is 79.0 Å². The van der Waals surface area contributed by atoms with E-state index in [-0.39, 0.29) is 16.4 Å². The smallest absolute Gasteiger partial charge is 0.257 e. The second-order valence-electron chi connectivity index (χ2n) is 7.04. The standard InChI is InChI=1S/C18H29N3O4S/c1-14-7-10-21(11-8-14)18(22)16-13-15(5-6-17(16)25-4)26(23,24)19-9-12-20(2)3/h5-6,13-14,19H,7-12H2,1-4H3. The Kier molecular flexibility index (Phi) is 7.02. The lowest BCUT2D eigenvalue weighted by molar-refractivity contribution is 0.0693. The third-order valence-corrected chi connectivity index (χ3v) is 6.09. The quantitative estimate of drug-likeness (QED) is 0.770. The molecular weight excluding hydrogens is 354 g/mol. The first-order valence-electron chi connectivity index (χ1n) is 8.86. The minimum Gasteiger partial charge on any atom is -0.496 e. The molecule has 1 aromatic carbocycles. The molecule has 0 saturated carbocycles. The maximum atomic E-state index is 12.9. The molecule has 7 nitrogen and oxygen atoms in total. The normalized spacial score (nSPS) is 16.1. The summed E-state index contributed by atoms with van der Waals surface area (Å²) in [5.74, 6) is 0.813. The van der Waals surface area contributed by atoms with E-state index < -0.39 is 10.0 Å². The molecule has 0 unspecified atom stereocenters. The van der Waals surface area contributed by atoms with E-state index in [9.17, 15) is 13.2 Å². The molecular formula is C18H29N3O4S. The molecule has 1 aliphatic rings. The molecule has 0 atom stereocenters. The predicted octanol–water partition coefficient (Wildman–Crippen LogP) is 1.41. The van der Waals surface area contributed by atoms with Crippen molar-refractivity contribution in [3.05, 3.63) is 23.8 Å². The Morgan fingerprint density at radius 3 is 2.54 bits per heavy atom. The van der Waals surface area contributed by atoms with Crippen LogP contribution in [0.25, 0.3) is 0 Å². The van der Waals surface area contributed by atoms with Gasteiger partial charge >= 0.3 is 0 Å². The van der Waals surface area contributed by atoms with Gasteiger partial charge in [0.25, 0.3) is 5.91 Å². The van der Waals surface area contributed by atoms with E-state index in [1.54, 1.807) is 11.0 Å². The lowest BCUT2D eigenvalue weighted by Gasteiger charge is -2.30. The largest absolute Gasteiger partial charge is 0.496 e. The highest BCUT2D eigenvalue weighted by Gasteiger charge is 2.25. The summed E-state index contributed by atoms with van der Waals surface area (Å²) in [7, 11) is 1.55. The van der Waals surface area contributed by atoms with Crippen molar-refractivity contribution in [3.8, 4) is 5.75 Å². The predicted molar refractivity (Wildman–Crippen MR) is 101 cm³/mol. The van der Waals surface area contributed by atoms with Crippen molar-refractivity contribution in [2.75, 3.05) is 47.4 Å². The highest BCUT2D eigenvalue weighted by molar-refractivity contribution is 7.89. The van der Waals surface area contributed by atoms with Crippen LogP contribution >= 0.6 is 0 Å². The van der Waals surface area contributed by atoms with E-state index in [1.165, 1.54) is 19.2 Å². The second kappa shape index (κ2) is 8.83. The average Bonchev–Trinajstić information content (AvgIpc) is 2.60. The van der Waals surface area contributed by atoms with E-state index in [2.05, 4.69) is 11.6 Å². The number of likely N-dealkylation sites (N-methyl/N-ethyl adjacent to an activating group) is 1. The number of methoxy groups -OCH3 is 1. The van der Waals surface area contributed by atoms with Crippen LogP contribution in [0.2, 0.25) is 0 Å². The number of ether oxygens (including phenoxy) is 1. The van der Waals surface area contributed by atoms with Gasteiger partial charge in [0, 0.05) is 26.2 Å². The fraction of sp³-hybridized carbons (Fsp3) is 0.611. The van der Waals surface area contributed by atoms with E-state index in [1.807, 2.05) is 19.0 Å². The number of nitrogens with one attached hydrogen (secondary N) is 1. The number of likely N-dealkylation sites (tertiary alicyclic amines) is 1. The van der Waals surface area contributed by atoms with Crippen molar-refractivity contribution in [3.63, 3.8) is 0 Å². The summed E-state index contributed by atoms with van der Waals surface area (Å²) in [6.45, 7) is 4.43. The number of carbonyl (C=O) groups excluding carboxylic acids is 1. The van der Waals surface area contributed by atoms with E-state index in [0.29, 0.717) is 37.8 Å². The SMILES string of the molecule is COc1ccc(S(=O)(=O)NCCN(C)C)cc1C(=O)N1CCC(C)CC1. The molecule has 8 heteroatoms. The van der Waals surface area contributed by atoms with Gasteiger partial charge in [0.15, 0.2) is 0 Å². The molecule has 1 aromatic rings. The fourth-order valence-electron chi connectivity index (χ4n) is 2.89. The van der Waals surface area contributed by atoms with Gasteiger partial charge in [0.2, 0.25) is 10.0 Å². The van der Waals surface area contributed by atoms with E-state index >= 15 is 0 Å². The number of nitrogens with zero attached hydrogens (tertiary/aromatic N) is 2. The van der Waals surface area contributed by atoms with Gasteiger partial charge in [0.05, 0.1) is 17.6 Å². The lowest BCUT2D eigenvalue weighted by atomic mass is 9.98. The minimum absolute atomic E-state index is 0.0748. The molecule has 26 heavy (non-hydrogen) atoms. The molecule has 0 aliphatic carbocycles. The van der Waals surface area contributed by atoms with Crippen molar-refractivity contribution in [2.24, 2.45) is 5.92 Å². The summed E-state index contributed by atoms with van der Waals surface area (Å²) >= 11 is 0. The Balaban J connectivity index is 2.23. The molecule has 0 aromatic heterocycles. The first-order chi connectivity index (χ1) is 12.2. The monoisotopic (exact) mass is 383 g/mol. The van der Waals surface area contributed by atoms with Gasteiger partial charge in [-0.1, -0.05) is 6.92 Å². The average molecular weight is 384 g/mol. The maximum Gasteiger partial charge on any atom is 0.257 e. The summed E-state index contributed by atoms with van der Waals surface area (Å²) in [5.41, 5.74) is 0.289. The molecule has 1 amide bonds. The second-order valence-corrected chi connectivity index (χ2v) is 8.80. The number of amides is 1. The lowest BCUT2D eigenvalue weighted by Crippen LogP contribution is -2.38. The first-order valence-corrected chi connectivity index (χ1v) is 10.3. The van der Waals surface area contributed by atoms with Crippen LogP contribution in [-0.4, -0.2) is 71.5 Å². The first kappa shape index (κ1) is 20.7. The number of hydrogen-bond donors (Lipinski definition) is 1. The molecule has 0 bridgehead atoms. The van der Waals surface area contributed by atoms with Gasteiger partial charge in [0.1, 0.15) is 5.75 Å². The number of carbonyl (C=O) groups is 1. The molecule has 0 spiro atoms. The zero-order valence-corrected chi connectivity index (χ0v) is 16.8. The molecule has 2 rings (SSSR count). The zero-order chi connectivity index (χ0) is 19.3. The van der Waals surface area contributed by atoms with Crippen LogP contribution < -0.4 is 9.46 Å².